The van der Waals surface area contributed by atoms with Crippen LogP contribution in [0.1, 0.15) is 17.5 Å². The van der Waals surface area contributed by atoms with E-state index in [0.29, 0.717) is 11.1 Å². The quantitative estimate of drug-likeness (QED) is 0.760. The second-order valence-electron chi connectivity index (χ2n) is 3.39. The zero-order valence-corrected chi connectivity index (χ0v) is 8.80. The molecule has 0 amide bonds. The first-order valence-electron chi connectivity index (χ1n) is 4.72. The smallest absolute Gasteiger partial charge is 0.328 e. The number of carbonyl (C=O) groups is 2. The summed E-state index contributed by atoms with van der Waals surface area (Å²) in [6.45, 7) is 1.81. The zero-order valence-electron chi connectivity index (χ0n) is 8.80. The molecule has 4 heteroatoms. The molecule has 0 heterocycles. The first-order chi connectivity index (χ1) is 7.50. The van der Waals surface area contributed by atoms with Gasteiger partial charge in [-0.15, -0.1) is 0 Å². The van der Waals surface area contributed by atoms with Crippen molar-refractivity contribution in [2.45, 2.75) is 13.3 Å². The van der Waals surface area contributed by atoms with E-state index in [2.05, 4.69) is 0 Å². The fraction of sp³-hybridized carbons (Fsp3) is 0.167. The monoisotopic (exact) mass is 220 g/mol. The lowest BCUT2D eigenvalue weighted by atomic mass is 9.98. The van der Waals surface area contributed by atoms with Gasteiger partial charge < -0.3 is 10.2 Å². The summed E-state index contributed by atoms with van der Waals surface area (Å²) in [5, 5.41) is 17.4. The molecule has 0 bridgehead atoms. The number of hydrogen-bond donors (Lipinski definition) is 2. The summed E-state index contributed by atoms with van der Waals surface area (Å²) < 4.78 is 0. The van der Waals surface area contributed by atoms with Gasteiger partial charge in [0.2, 0.25) is 0 Å². The van der Waals surface area contributed by atoms with Crippen molar-refractivity contribution in [2.24, 2.45) is 0 Å². The molecular formula is C12H12O4. The van der Waals surface area contributed by atoms with Crippen LogP contribution in [-0.4, -0.2) is 22.2 Å². The molecule has 0 saturated carbocycles. The fourth-order valence-electron chi connectivity index (χ4n) is 1.47. The molecule has 84 valence electrons. The predicted molar refractivity (Wildman–Crippen MR) is 59.0 cm³/mol. The van der Waals surface area contributed by atoms with Crippen molar-refractivity contribution >= 4 is 17.5 Å². The van der Waals surface area contributed by atoms with Crippen LogP contribution in [0.2, 0.25) is 0 Å². The second kappa shape index (κ2) is 5.11. The second-order valence-corrected chi connectivity index (χ2v) is 3.39. The van der Waals surface area contributed by atoms with Crippen molar-refractivity contribution in [3.63, 3.8) is 0 Å². The van der Waals surface area contributed by atoms with Gasteiger partial charge in [-0.25, -0.2) is 4.79 Å². The molecule has 0 aromatic heterocycles. The molecular weight excluding hydrogens is 208 g/mol. The van der Waals surface area contributed by atoms with Crippen LogP contribution in [0, 0.1) is 6.92 Å². The van der Waals surface area contributed by atoms with Crippen LogP contribution in [-0.2, 0) is 9.59 Å². The molecule has 1 aromatic rings. The van der Waals surface area contributed by atoms with E-state index in [-0.39, 0.29) is 6.42 Å². The van der Waals surface area contributed by atoms with Crippen LogP contribution in [0.4, 0.5) is 0 Å². The highest BCUT2D eigenvalue weighted by atomic mass is 16.4. The first-order valence-corrected chi connectivity index (χ1v) is 4.72. The Hall–Kier alpha value is -2.10. The topological polar surface area (TPSA) is 74.6 Å². The highest BCUT2D eigenvalue weighted by molar-refractivity contribution is 5.95. The Morgan fingerprint density at radius 1 is 1.25 bits per heavy atom. The minimum absolute atomic E-state index is 0.294. The molecule has 1 rings (SSSR count). The standard InChI is InChI=1S/C12H12O4/c1-8-4-2-3-5-10(8)9(6-11(13)14)7-12(15)16/h2-6H,7H2,1H3,(H,13,14)(H,15,16)/b9-6+. The minimum Gasteiger partial charge on any atom is -0.481 e. The number of carboxylic acid groups (broad SMARTS) is 2. The lowest BCUT2D eigenvalue weighted by molar-refractivity contribution is -0.135. The first kappa shape index (κ1) is 12.0. The summed E-state index contributed by atoms with van der Waals surface area (Å²) in [6, 6.07) is 7.10. The van der Waals surface area contributed by atoms with Crippen LogP contribution in [0.15, 0.2) is 30.3 Å². The Morgan fingerprint density at radius 3 is 2.38 bits per heavy atom. The van der Waals surface area contributed by atoms with E-state index in [1.54, 1.807) is 12.1 Å². The molecule has 0 unspecified atom stereocenters. The predicted octanol–water partition coefficient (Wildman–Crippen LogP) is 1.94. The van der Waals surface area contributed by atoms with Crippen LogP contribution in [0.3, 0.4) is 0 Å². The fourth-order valence-corrected chi connectivity index (χ4v) is 1.47. The van der Waals surface area contributed by atoms with Gasteiger partial charge in [0.25, 0.3) is 0 Å². The van der Waals surface area contributed by atoms with Crippen LogP contribution in [0.25, 0.3) is 5.57 Å². The van der Waals surface area contributed by atoms with E-state index in [1.165, 1.54) is 0 Å². The van der Waals surface area contributed by atoms with Crippen molar-refractivity contribution in [3.8, 4) is 0 Å². The summed E-state index contributed by atoms with van der Waals surface area (Å²) in [6.07, 6.45) is 0.646. The normalized spacial score (nSPS) is 11.2. The molecule has 1 aromatic carbocycles. The lowest BCUT2D eigenvalue weighted by Crippen LogP contribution is -2.01. The number of aliphatic carboxylic acids is 2. The third-order valence-corrected chi connectivity index (χ3v) is 2.13. The SMILES string of the molecule is Cc1ccccc1/C(=C/C(=O)O)CC(=O)O. The molecule has 0 radical (unpaired) electrons. The van der Waals surface area contributed by atoms with E-state index in [1.807, 2.05) is 19.1 Å². The van der Waals surface area contributed by atoms with Crippen LogP contribution >= 0.6 is 0 Å². The van der Waals surface area contributed by atoms with E-state index in [0.717, 1.165) is 11.6 Å². The minimum atomic E-state index is -1.14. The Morgan fingerprint density at radius 2 is 1.88 bits per heavy atom. The van der Waals surface area contributed by atoms with E-state index in [4.69, 9.17) is 10.2 Å². The van der Waals surface area contributed by atoms with Gasteiger partial charge in [0, 0.05) is 6.08 Å². The molecule has 0 spiro atoms. The Bertz CT molecular complexity index is 446. The highest BCUT2D eigenvalue weighted by Crippen LogP contribution is 2.21. The highest BCUT2D eigenvalue weighted by Gasteiger charge is 2.10. The third kappa shape index (κ3) is 3.24. The van der Waals surface area contributed by atoms with Gasteiger partial charge >= 0.3 is 11.9 Å². The van der Waals surface area contributed by atoms with Gasteiger partial charge in [-0.2, -0.15) is 0 Å². The molecule has 0 atom stereocenters. The van der Waals surface area contributed by atoms with Crippen molar-refractivity contribution in [1.82, 2.24) is 0 Å². The van der Waals surface area contributed by atoms with Crippen LogP contribution < -0.4 is 0 Å². The van der Waals surface area contributed by atoms with Crippen molar-refractivity contribution in [2.75, 3.05) is 0 Å². The summed E-state index contributed by atoms with van der Waals surface area (Å²) in [7, 11) is 0. The summed E-state index contributed by atoms with van der Waals surface area (Å²) in [5.74, 6) is -2.18. The van der Waals surface area contributed by atoms with E-state index in [9.17, 15) is 9.59 Å². The van der Waals surface area contributed by atoms with Gasteiger partial charge in [-0.3, -0.25) is 4.79 Å². The molecule has 0 saturated heterocycles. The molecule has 0 aliphatic rings. The van der Waals surface area contributed by atoms with E-state index < -0.39 is 11.9 Å². The lowest BCUT2D eigenvalue weighted by Gasteiger charge is -2.07. The van der Waals surface area contributed by atoms with E-state index >= 15 is 0 Å². The third-order valence-electron chi connectivity index (χ3n) is 2.13. The number of benzene rings is 1. The molecule has 0 aliphatic carbocycles. The number of hydrogen-bond acceptors (Lipinski definition) is 2. The Kier molecular flexibility index (Phi) is 3.83. The summed E-state index contributed by atoms with van der Waals surface area (Å²) >= 11 is 0. The Labute approximate surface area is 92.8 Å². The average Bonchev–Trinajstić information content (AvgIpc) is 2.15. The number of rotatable bonds is 4. The van der Waals surface area contributed by atoms with Crippen LogP contribution in [0.5, 0.6) is 0 Å². The van der Waals surface area contributed by atoms with Gasteiger partial charge in [0.15, 0.2) is 0 Å². The molecule has 2 N–H and O–H groups in total. The van der Waals surface area contributed by atoms with Crippen molar-refractivity contribution < 1.29 is 19.8 Å². The van der Waals surface area contributed by atoms with Crippen molar-refractivity contribution in [1.29, 1.82) is 0 Å². The largest absolute Gasteiger partial charge is 0.481 e. The number of carboxylic acids is 2. The molecule has 0 aliphatic heterocycles. The average molecular weight is 220 g/mol. The maximum Gasteiger partial charge on any atom is 0.328 e. The van der Waals surface area contributed by atoms with Gasteiger partial charge in [-0.05, 0) is 23.6 Å². The molecule has 4 nitrogen and oxygen atoms in total. The maximum atomic E-state index is 10.6. The molecule has 16 heavy (non-hydrogen) atoms. The van der Waals surface area contributed by atoms with Gasteiger partial charge in [0.1, 0.15) is 0 Å². The maximum absolute atomic E-state index is 10.6. The van der Waals surface area contributed by atoms with Crippen molar-refractivity contribution in [3.05, 3.63) is 41.5 Å². The van der Waals surface area contributed by atoms with Gasteiger partial charge in [0.05, 0.1) is 6.42 Å². The van der Waals surface area contributed by atoms with Gasteiger partial charge in [-0.1, -0.05) is 24.3 Å². The zero-order chi connectivity index (χ0) is 12.1. The Balaban J connectivity index is 3.16. The summed E-state index contributed by atoms with van der Waals surface area (Å²) in [4.78, 5) is 21.2. The summed E-state index contributed by atoms with van der Waals surface area (Å²) in [5.41, 5.74) is 1.82. The number of aryl methyl sites for hydroxylation is 1. The molecule has 0 fully saturated rings.